The number of nitrogens with one attached hydrogen (secondary N) is 1. The van der Waals surface area contributed by atoms with E-state index in [1.807, 2.05) is 17.5 Å². The smallest absolute Gasteiger partial charge is 0.242 e. The van der Waals surface area contributed by atoms with E-state index in [0.717, 1.165) is 4.88 Å². The molecule has 4 nitrogen and oxygen atoms in total. The van der Waals surface area contributed by atoms with Crippen molar-refractivity contribution in [2.75, 3.05) is 0 Å². The number of hydrogen-bond acceptors (Lipinski definition) is 4. The van der Waals surface area contributed by atoms with Crippen molar-refractivity contribution in [1.29, 1.82) is 0 Å². The third-order valence-electron chi connectivity index (χ3n) is 2.61. The monoisotopic (exact) mass is 350 g/mol. The Kier molecular flexibility index (Phi) is 5.06. The Morgan fingerprint density at radius 3 is 2.65 bits per heavy atom. The third kappa shape index (κ3) is 3.52. The molecule has 0 unspecified atom stereocenters. The molecule has 2 aromatic rings. The molecule has 0 aliphatic rings. The highest BCUT2D eigenvalue weighted by atomic mass is 35.5. The van der Waals surface area contributed by atoms with Gasteiger partial charge in [-0.05, 0) is 29.1 Å². The molecular weight excluding hydrogens is 339 g/mol. The molecule has 0 aliphatic heterocycles. The van der Waals surface area contributed by atoms with E-state index in [1.165, 1.54) is 17.4 Å². The van der Waals surface area contributed by atoms with E-state index >= 15 is 0 Å². The minimum Gasteiger partial charge on any atom is -0.326 e. The topological polar surface area (TPSA) is 72.2 Å². The van der Waals surface area contributed by atoms with Crippen molar-refractivity contribution in [2.45, 2.75) is 18.0 Å². The molecule has 8 heteroatoms. The maximum atomic E-state index is 12.3. The summed E-state index contributed by atoms with van der Waals surface area (Å²) in [6.07, 6.45) is 0. The summed E-state index contributed by atoms with van der Waals surface area (Å²) in [5, 5.41) is 2.27. The standard InChI is InChI=1S/C12H12Cl2N2O2S2/c13-9-4-8(6-15)12(14)11(5-9)20(17,18)16-7-10-2-1-3-19-10/h1-5,16H,6-7,15H2. The number of thiophene rings is 1. The van der Waals surface area contributed by atoms with Gasteiger partial charge in [-0.25, -0.2) is 13.1 Å². The van der Waals surface area contributed by atoms with Gasteiger partial charge in [-0.2, -0.15) is 0 Å². The summed E-state index contributed by atoms with van der Waals surface area (Å²) >= 11 is 13.4. The molecule has 0 aliphatic carbocycles. The third-order valence-corrected chi connectivity index (χ3v) is 5.68. The average molecular weight is 351 g/mol. The van der Waals surface area contributed by atoms with Crippen molar-refractivity contribution < 1.29 is 8.42 Å². The molecule has 20 heavy (non-hydrogen) atoms. The minimum atomic E-state index is -3.74. The lowest BCUT2D eigenvalue weighted by Crippen LogP contribution is -2.23. The van der Waals surface area contributed by atoms with Crippen LogP contribution < -0.4 is 10.5 Å². The molecule has 0 bridgehead atoms. The number of hydrogen-bond donors (Lipinski definition) is 2. The lowest BCUT2D eigenvalue weighted by atomic mass is 10.2. The molecule has 108 valence electrons. The Hall–Kier alpha value is -0.630. The summed E-state index contributed by atoms with van der Waals surface area (Å²) in [6.45, 7) is 0.327. The Morgan fingerprint density at radius 1 is 1.30 bits per heavy atom. The molecule has 0 saturated carbocycles. The van der Waals surface area contributed by atoms with Gasteiger partial charge < -0.3 is 5.73 Å². The quantitative estimate of drug-likeness (QED) is 0.870. The summed E-state index contributed by atoms with van der Waals surface area (Å²) in [5.74, 6) is 0. The molecule has 1 aromatic carbocycles. The summed E-state index contributed by atoms with van der Waals surface area (Å²) in [7, 11) is -3.74. The van der Waals surface area contributed by atoms with Gasteiger partial charge in [0.25, 0.3) is 0 Å². The van der Waals surface area contributed by atoms with E-state index in [9.17, 15) is 8.42 Å². The molecule has 2 rings (SSSR count). The minimum absolute atomic E-state index is 0.0522. The van der Waals surface area contributed by atoms with Crippen LogP contribution >= 0.6 is 34.5 Å². The van der Waals surface area contributed by atoms with Crippen molar-refractivity contribution in [1.82, 2.24) is 4.72 Å². The van der Waals surface area contributed by atoms with Gasteiger partial charge in [0.1, 0.15) is 4.90 Å². The van der Waals surface area contributed by atoms with Crippen molar-refractivity contribution in [2.24, 2.45) is 5.73 Å². The van der Waals surface area contributed by atoms with Gasteiger partial charge in [-0.3, -0.25) is 0 Å². The van der Waals surface area contributed by atoms with E-state index in [4.69, 9.17) is 28.9 Å². The molecule has 0 atom stereocenters. The fourth-order valence-electron chi connectivity index (χ4n) is 1.62. The largest absolute Gasteiger partial charge is 0.326 e. The zero-order valence-corrected chi connectivity index (χ0v) is 13.4. The van der Waals surface area contributed by atoms with Gasteiger partial charge >= 0.3 is 0 Å². The predicted molar refractivity (Wildman–Crippen MR) is 82.7 cm³/mol. The molecule has 1 heterocycles. The maximum Gasteiger partial charge on any atom is 0.242 e. The highest BCUT2D eigenvalue weighted by molar-refractivity contribution is 7.89. The molecular formula is C12H12Cl2N2O2S2. The molecule has 0 amide bonds. The summed E-state index contributed by atoms with van der Waals surface area (Å²) in [6, 6.07) is 6.58. The highest BCUT2D eigenvalue weighted by Gasteiger charge is 2.20. The fraction of sp³-hybridized carbons (Fsp3) is 0.167. The SMILES string of the molecule is NCc1cc(Cl)cc(S(=O)(=O)NCc2cccs2)c1Cl. The second kappa shape index (κ2) is 6.43. The van der Waals surface area contributed by atoms with Crippen LogP contribution in [0.25, 0.3) is 0 Å². The van der Waals surface area contributed by atoms with Gasteiger partial charge in [0.2, 0.25) is 10.0 Å². The zero-order valence-electron chi connectivity index (χ0n) is 10.3. The second-order valence-corrected chi connectivity index (χ2v) is 7.57. The summed E-state index contributed by atoms with van der Waals surface area (Å²) in [4.78, 5) is 0.856. The molecule has 1 aromatic heterocycles. The van der Waals surface area contributed by atoms with Gasteiger partial charge in [0, 0.05) is 23.0 Å². The molecule has 3 N–H and O–H groups in total. The lowest BCUT2D eigenvalue weighted by Gasteiger charge is -2.11. The first-order chi connectivity index (χ1) is 9.44. The normalized spacial score (nSPS) is 11.8. The first kappa shape index (κ1) is 15.8. The van der Waals surface area contributed by atoms with Crippen LogP contribution in [-0.4, -0.2) is 8.42 Å². The predicted octanol–water partition coefficient (Wildman–Crippen LogP) is 2.99. The van der Waals surface area contributed by atoms with Crippen molar-refractivity contribution in [3.63, 3.8) is 0 Å². The zero-order chi connectivity index (χ0) is 14.8. The van der Waals surface area contributed by atoms with E-state index < -0.39 is 10.0 Å². The molecule has 0 saturated heterocycles. The van der Waals surface area contributed by atoms with Crippen molar-refractivity contribution in [3.8, 4) is 0 Å². The van der Waals surface area contributed by atoms with Gasteiger partial charge in [0.05, 0.1) is 5.02 Å². The molecule has 0 spiro atoms. The van der Waals surface area contributed by atoms with Gasteiger partial charge in [-0.15, -0.1) is 11.3 Å². The number of rotatable bonds is 5. The van der Waals surface area contributed by atoms with Gasteiger partial charge in [0.15, 0.2) is 0 Å². The summed E-state index contributed by atoms with van der Waals surface area (Å²) < 4.78 is 27.1. The van der Waals surface area contributed by atoms with Gasteiger partial charge in [-0.1, -0.05) is 29.3 Å². The van der Waals surface area contributed by atoms with E-state index in [1.54, 1.807) is 6.07 Å². The fourth-order valence-corrected chi connectivity index (χ4v) is 4.30. The second-order valence-electron chi connectivity index (χ2n) is 3.99. The number of nitrogens with two attached hydrogens (primary N) is 1. The molecule has 0 radical (unpaired) electrons. The van der Waals surface area contributed by atoms with Crippen LogP contribution in [0, 0.1) is 0 Å². The van der Waals surface area contributed by atoms with E-state index in [0.29, 0.717) is 5.56 Å². The maximum absolute atomic E-state index is 12.3. The Labute approximate surface area is 131 Å². The Balaban J connectivity index is 2.31. The van der Waals surface area contributed by atoms with Crippen LogP contribution in [-0.2, 0) is 23.1 Å². The van der Waals surface area contributed by atoms with Crippen molar-refractivity contribution >= 4 is 44.6 Å². The number of benzene rings is 1. The van der Waals surface area contributed by atoms with Crippen LogP contribution in [0.4, 0.5) is 0 Å². The lowest BCUT2D eigenvalue weighted by molar-refractivity contribution is 0.581. The average Bonchev–Trinajstić information content (AvgIpc) is 2.92. The van der Waals surface area contributed by atoms with E-state index in [2.05, 4.69) is 4.72 Å². The summed E-state index contributed by atoms with van der Waals surface area (Å²) in [5.41, 5.74) is 6.02. The highest BCUT2D eigenvalue weighted by Crippen LogP contribution is 2.29. The van der Waals surface area contributed by atoms with Crippen LogP contribution in [0.1, 0.15) is 10.4 Å². The first-order valence-corrected chi connectivity index (χ1v) is 8.76. The van der Waals surface area contributed by atoms with Crippen LogP contribution in [0.15, 0.2) is 34.5 Å². The van der Waals surface area contributed by atoms with Crippen LogP contribution in [0.3, 0.4) is 0 Å². The Morgan fingerprint density at radius 2 is 2.05 bits per heavy atom. The Bertz CT molecular complexity index is 700. The first-order valence-electron chi connectivity index (χ1n) is 5.64. The van der Waals surface area contributed by atoms with Crippen molar-refractivity contribution in [3.05, 3.63) is 50.1 Å². The molecule has 0 fully saturated rings. The van der Waals surface area contributed by atoms with E-state index in [-0.39, 0.29) is 28.0 Å². The van der Waals surface area contributed by atoms with Crippen LogP contribution in [0.5, 0.6) is 0 Å². The van der Waals surface area contributed by atoms with Crippen LogP contribution in [0.2, 0.25) is 10.0 Å². The number of halogens is 2. The number of sulfonamides is 1.